The molecule has 2 nitrogen and oxygen atoms in total. The molecule has 18 heavy (non-hydrogen) atoms. The Kier molecular flexibility index (Phi) is 2.45. The average molecular weight is 240 g/mol. The van der Waals surface area contributed by atoms with Gasteiger partial charge in [-0.3, -0.25) is 4.79 Å². The lowest BCUT2D eigenvalue weighted by molar-refractivity contribution is 0.112. The zero-order chi connectivity index (χ0) is 12.5. The molecule has 1 heterocycles. The maximum atomic E-state index is 13.3. The van der Waals surface area contributed by atoms with Crippen LogP contribution in [0.2, 0.25) is 0 Å². The third-order valence-corrected chi connectivity index (χ3v) is 2.83. The summed E-state index contributed by atoms with van der Waals surface area (Å²) in [6.07, 6.45) is 0.696. The Balaban J connectivity index is 2.25. The number of hydrogen-bond acceptors (Lipinski definition) is 2. The lowest BCUT2D eigenvalue weighted by atomic mass is 10.1. The first kappa shape index (κ1) is 10.7. The number of furan rings is 1. The molecule has 0 aliphatic carbocycles. The van der Waals surface area contributed by atoms with Crippen LogP contribution in [0.25, 0.3) is 22.3 Å². The highest BCUT2D eigenvalue weighted by Crippen LogP contribution is 2.29. The fourth-order valence-electron chi connectivity index (χ4n) is 1.96. The first-order valence-electron chi connectivity index (χ1n) is 5.51. The second kappa shape index (κ2) is 4.11. The Hall–Kier alpha value is -2.42. The number of fused-ring (bicyclic) bond motifs is 1. The predicted octanol–water partition coefficient (Wildman–Crippen LogP) is 4.05. The number of carbonyl (C=O) groups is 1. The molecule has 3 rings (SSSR count). The van der Waals surface area contributed by atoms with E-state index in [2.05, 4.69) is 0 Å². The van der Waals surface area contributed by atoms with Crippen LogP contribution in [0, 0.1) is 5.82 Å². The molecule has 0 radical (unpaired) electrons. The lowest BCUT2D eigenvalue weighted by Crippen LogP contribution is -1.87. The van der Waals surface area contributed by atoms with Crippen molar-refractivity contribution in [2.24, 2.45) is 0 Å². The van der Waals surface area contributed by atoms with E-state index >= 15 is 0 Å². The normalized spacial score (nSPS) is 10.7. The quantitative estimate of drug-likeness (QED) is 0.632. The van der Waals surface area contributed by atoms with Crippen molar-refractivity contribution in [3.8, 4) is 11.3 Å². The molecule has 3 aromatic rings. The van der Waals surface area contributed by atoms with Gasteiger partial charge in [0, 0.05) is 16.5 Å². The van der Waals surface area contributed by atoms with Crippen LogP contribution in [0.1, 0.15) is 10.4 Å². The molecule has 0 saturated carbocycles. The van der Waals surface area contributed by atoms with Gasteiger partial charge in [0.05, 0.1) is 0 Å². The molecule has 0 amide bonds. The van der Waals surface area contributed by atoms with Crippen molar-refractivity contribution in [3.63, 3.8) is 0 Å². The van der Waals surface area contributed by atoms with Crippen LogP contribution in [0.15, 0.2) is 52.9 Å². The zero-order valence-electron chi connectivity index (χ0n) is 9.39. The Morgan fingerprint density at radius 1 is 1.06 bits per heavy atom. The van der Waals surface area contributed by atoms with E-state index in [1.165, 1.54) is 18.2 Å². The van der Waals surface area contributed by atoms with E-state index in [-0.39, 0.29) is 0 Å². The van der Waals surface area contributed by atoms with Gasteiger partial charge in [0.15, 0.2) is 6.29 Å². The van der Waals surface area contributed by atoms with E-state index in [9.17, 15) is 9.18 Å². The number of para-hydroxylation sites is 1. The first-order valence-corrected chi connectivity index (χ1v) is 5.51. The highest BCUT2D eigenvalue weighted by molar-refractivity contribution is 5.90. The Labute approximate surface area is 103 Å². The number of rotatable bonds is 2. The molecular formula is C15H9FO2. The van der Waals surface area contributed by atoms with Gasteiger partial charge in [-0.25, -0.2) is 4.39 Å². The molecule has 0 spiro atoms. The number of benzene rings is 2. The van der Waals surface area contributed by atoms with Gasteiger partial charge in [0.1, 0.15) is 17.2 Å². The van der Waals surface area contributed by atoms with Gasteiger partial charge in [-0.15, -0.1) is 0 Å². The van der Waals surface area contributed by atoms with E-state index in [4.69, 9.17) is 4.42 Å². The summed E-state index contributed by atoms with van der Waals surface area (Å²) in [4.78, 5) is 11.0. The van der Waals surface area contributed by atoms with Crippen molar-refractivity contribution in [1.29, 1.82) is 0 Å². The van der Waals surface area contributed by atoms with Crippen molar-refractivity contribution in [1.82, 2.24) is 0 Å². The SMILES string of the molecule is O=Cc1ccc(F)cc1-c1cc2ccccc2o1. The van der Waals surface area contributed by atoms with Crippen molar-refractivity contribution in [3.05, 3.63) is 59.9 Å². The molecule has 0 saturated heterocycles. The number of halogens is 1. The molecular weight excluding hydrogens is 231 g/mol. The smallest absolute Gasteiger partial charge is 0.150 e. The fraction of sp³-hybridized carbons (Fsp3) is 0. The number of carbonyl (C=O) groups excluding carboxylic acids is 1. The van der Waals surface area contributed by atoms with Crippen LogP contribution < -0.4 is 0 Å². The summed E-state index contributed by atoms with van der Waals surface area (Å²) in [7, 11) is 0. The van der Waals surface area contributed by atoms with Crippen LogP contribution in [-0.2, 0) is 0 Å². The molecule has 0 N–H and O–H groups in total. The van der Waals surface area contributed by atoms with Gasteiger partial charge in [0.25, 0.3) is 0 Å². The summed E-state index contributed by atoms with van der Waals surface area (Å²) in [5.41, 5.74) is 1.60. The lowest BCUT2D eigenvalue weighted by Gasteiger charge is -2.00. The van der Waals surface area contributed by atoms with E-state index in [0.29, 0.717) is 28.8 Å². The molecule has 0 unspecified atom stereocenters. The molecule has 0 fully saturated rings. The minimum absolute atomic E-state index is 0.393. The van der Waals surface area contributed by atoms with Gasteiger partial charge in [-0.2, -0.15) is 0 Å². The Morgan fingerprint density at radius 2 is 1.89 bits per heavy atom. The van der Waals surface area contributed by atoms with E-state index in [1.54, 1.807) is 6.07 Å². The third-order valence-electron chi connectivity index (χ3n) is 2.83. The zero-order valence-corrected chi connectivity index (χ0v) is 9.39. The standard InChI is InChI=1S/C15H9FO2/c16-12-6-5-11(9-17)13(8-12)15-7-10-3-1-2-4-14(10)18-15/h1-9H. The summed E-state index contributed by atoms with van der Waals surface area (Å²) >= 11 is 0. The van der Waals surface area contributed by atoms with Crippen molar-refractivity contribution < 1.29 is 13.6 Å². The van der Waals surface area contributed by atoms with Crippen LogP contribution in [-0.4, -0.2) is 6.29 Å². The van der Waals surface area contributed by atoms with Gasteiger partial charge >= 0.3 is 0 Å². The molecule has 3 heteroatoms. The second-order valence-corrected chi connectivity index (χ2v) is 4.00. The summed E-state index contributed by atoms with van der Waals surface area (Å²) in [5, 5.41) is 0.925. The molecule has 0 aliphatic heterocycles. The van der Waals surface area contributed by atoms with E-state index in [1.807, 2.05) is 24.3 Å². The monoisotopic (exact) mass is 240 g/mol. The number of hydrogen-bond donors (Lipinski definition) is 0. The molecule has 0 atom stereocenters. The fourth-order valence-corrected chi connectivity index (χ4v) is 1.96. The molecule has 1 aromatic heterocycles. The van der Waals surface area contributed by atoms with E-state index in [0.717, 1.165) is 5.39 Å². The topological polar surface area (TPSA) is 30.2 Å². The van der Waals surface area contributed by atoms with Crippen molar-refractivity contribution in [2.45, 2.75) is 0 Å². The summed E-state index contributed by atoms with van der Waals surface area (Å²) < 4.78 is 18.9. The minimum Gasteiger partial charge on any atom is -0.456 e. The maximum Gasteiger partial charge on any atom is 0.150 e. The molecule has 0 bridgehead atoms. The molecule has 2 aromatic carbocycles. The van der Waals surface area contributed by atoms with Crippen molar-refractivity contribution >= 4 is 17.3 Å². The summed E-state index contributed by atoms with van der Waals surface area (Å²) in [6.45, 7) is 0. The molecule has 88 valence electrons. The predicted molar refractivity (Wildman–Crippen MR) is 67.0 cm³/mol. The van der Waals surface area contributed by atoms with Crippen molar-refractivity contribution in [2.75, 3.05) is 0 Å². The van der Waals surface area contributed by atoms with Gasteiger partial charge < -0.3 is 4.42 Å². The van der Waals surface area contributed by atoms with Crippen LogP contribution in [0.4, 0.5) is 4.39 Å². The summed E-state index contributed by atoms with van der Waals surface area (Å²) in [6, 6.07) is 13.3. The summed E-state index contributed by atoms with van der Waals surface area (Å²) in [5.74, 6) is 0.105. The Bertz CT molecular complexity index is 695. The van der Waals surface area contributed by atoms with Crippen LogP contribution >= 0.6 is 0 Å². The van der Waals surface area contributed by atoms with Gasteiger partial charge in [-0.1, -0.05) is 18.2 Å². The van der Waals surface area contributed by atoms with Gasteiger partial charge in [-0.05, 0) is 30.3 Å². The average Bonchev–Trinajstić information content (AvgIpc) is 2.82. The number of aldehydes is 1. The second-order valence-electron chi connectivity index (χ2n) is 4.00. The highest BCUT2D eigenvalue weighted by atomic mass is 19.1. The maximum absolute atomic E-state index is 13.3. The highest BCUT2D eigenvalue weighted by Gasteiger charge is 2.11. The Morgan fingerprint density at radius 3 is 2.67 bits per heavy atom. The van der Waals surface area contributed by atoms with Crippen LogP contribution in [0.3, 0.4) is 0 Å². The molecule has 0 aliphatic rings. The third kappa shape index (κ3) is 1.70. The largest absolute Gasteiger partial charge is 0.456 e. The minimum atomic E-state index is -0.393. The van der Waals surface area contributed by atoms with E-state index < -0.39 is 5.82 Å². The van der Waals surface area contributed by atoms with Crippen LogP contribution in [0.5, 0.6) is 0 Å². The van der Waals surface area contributed by atoms with Gasteiger partial charge in [0.2, 0.25) is 0 Å². The first-order chi connectivity index (χ1) is 8.78.